The first-order valence-corrected chi connectivity index (χ1v) is 11.4. The van der Waals surface area contributed by atoms with Gasteiger partial charge in [-0.05, 0) is 62.7 Å². The van der Waals surface area contributed by atoms with Crippen LogP contribution in [0.4, 0.5) is 0 Å². The number of hydrogen-bond donors (Lipinski definition) is 2. The van der Waals surface area contributed by atoms with E-state index in [9.17, 15) is 4.79 Å². The van der Waals surface area contributed by atoms with Gasteiger partial charge in [0.15, 0.2) is 0 Å². The van der Waals surface area contributed by atoms with Crippen molar-refractivity contribution in [3.8, 4) is 0 Å². The van der Waals surface area contributed by atoms with Crippen molar-refractivity contribution < 1.29 is 4.79 Å². The molecule has 0 spiro atoms. The van der Waals surface area contributed by atoms with Crippen molar-refractivity contribution in [2.45, 2.75) is 39.9 Å². The third-order valence-electron chi connectivity index (χ3n) is 5.37. The summed E-state index contributed by atoms with van der Waals surface area (Å²) in [6, 6.07) is 25.1. The number of aryl methyl sites for hydroxylation is 2. The first-order chi connectivity index (χ1) is 15.5. The zero-order valence-corrected chi connectivity index (χ0v) is 19.5. The molecule has 0 aliphatic heterocycles. The topological polar surface area (TPSA) is 44.4 Å². The molecule has 0 aromatic heterocycles. The van der Waals surface area contributed by atoms with Crippen LogP contribution in [0.1, 0.15) is 44.6 Å². The average molecular weight is 430 g/mol. The van der Waals surface area contributed by atoms with E-state index in [0.29, 0.717) is 6.54 Å². The lowest BCUT2D eigenvalue weighted by atomic mass is 10.1. The smallest absolute Gasteiger partial charge is 0.251 e. The molecule has 0 fully saturated rings. The van der Waals surface area contributed by atoms with Gasteiger partial charge in [0, 0.05) is 31.7 Å². The minimum absolute atomic E-state index is 0.000605. The van der Waals surface area contributed by atoms with Crippen molar-refractivity contribution in [2.24, 2.45) is 0 Å². The minimum Gasteiger partial charge on any atom is -0.352 e. The van der Waals surface area contributed by atoms with Crippen LogP contribution in [0, 0.1) is 13.8 Å². The van der Waals surface area contributed by atoms with Gasteiger partial charge in [0.25, 0.3) is 5.91 Å². The van der Waals surface area contributed by atoms with Crippen molar-refractivity contribution in [3.05, 3.63) is 106 Å². The third-order valence-corrected chi connectivity index (χ3v) is 5.37. The molecule has 168 valence electrons. The second-order valence-corrected chi connectivity index (χ2v) is 8.64. The number of benzene rings is 3. The quantitative estimate of drug-likeness (QED) is 0.429. The molecule has 0 atom stereocenters. The second-order valence-electron chi connectivity index (χ2n) is 8.64. The Morgan fingerprint density at radius 3 is 2.28 bits per heavy atom. The molecule has 3 aromatic carbocycles. The molecular weight excluding hydrogens is 394 g/mol. The molecule has 0 saturated heterocycles. The Kier molecular flexibility index (Phi) is 9.02. The molecule has 0 saturated carbocycles. The van der Waals surface area contributed by atoms with E-state index in [0.717, 1.165) is 49.3 Å². The summed E-state index contributed by atoms with van der Waals surface area (Å²) >= 11 is 0. The Labute approximate surface area is 192 Å². The summed E-state index contributed by atoms with van der Waals surface area (Å²) in [5.41, 5.74) is 6.87. The van der Waals surface area contributed by atoms with Gasteiger partial charge in [-0.15, -0.1) is 0 Å². The maximum absolute atomic E-state index is 12.7. The fourth-order valence-electron chi connectivity index (χ4n) is 3.92. The minimum atomic E-state index is -0.000605. The van der Waals surface area contributed by atoms with E-state index < -0.39 is 0 Å². The normalized spacial score (nSPS) is 11.0. The van der Waals surface area contributed by atoms with Crippen molar-refractivity contribution >= 4 is 5.91 Å². The van der Waals surface area contributed by atoms with E-state index in [1.807, 2.05) is 25.1 Å². The summed E-state index contributed by atoms with van der Waals surface area (Å²) in [6.07, 6.45) is 0.899. The Hall–Kier alpha value is -2.95. The second kappa shape index (κ2) is 12.2. The molecule has 0 aliphatic carbocycles. The van der Waals surface area contributed by atoms with E-state index in [4.69, 9.17) is 0 Å². The number of hydrogen-bond acceptors (Lipinski definition) is 3. The Balaban J connectivity index is 1.43. The van der Waals surface area contributed by atoms with Crippen LogP contribution in [0.25, 0.3) is 0 Å². The Morgan fingerprint density at radius 2 is 1.50 bits per heavy atom. The van der Waals surface area contributed by atoms with Gasteiger partial charge < -0.3 is 10.6 Å². The molecular formula is C28H35N3O. The Morgan fingerprint density at radius 1 is 0.781 bits per heavy atom. The number of rotatable bonds is 11. The van der Waals surface area contributed by atoms with Gasteiger partial charge in [0.2, 0.25) is 0 Å². The van der Waals surface area contributed by atoms with Crippen LogP contribution in [-0.4, -0.2) is 30.9 Å². The van der Waals surface area contributed by atoms with Crippen LogP contribution in [-0.2, 0) is 19.6 Å². The van der Waals surface area contributed by atoms with Crippen LogP contribution in [0.5, 0.6) is 0 Å². The predicted octanol–water partition coefficient (Wildman–Crippen LogP) is 4.85. The largest absolute Gasteiger partial charge is 0.352 e. The van der Waals surface area contributed by atoms with Crippen molar-refractivity contribution in [1.29, 1.82) is 0 Å². The maximum Gasteiger partial charge on any atom is 0.251 e. The van der Waals surface area contributed by atoms with Crippen LogP contribution in [0.3, 0.4) is 0 Å². The molecule has 3 aromatic rings. The fourth-order valence-corrected chi connectivity index (χ4v) is 3.92. The zero-order chi connectivity index (χ0) is 22.8. The highest BCUT2D eigenvalue weighted by Gasteiger charge is 2.09. The van der Waals surface area contributed by atoms with E-state index in [1.165, 1.54) is 16.7 Å². The molecule has 32 heavy (non-hydrogen) atoms. The summed E-state index contributed by atoms with van der Waals surface area (Å²) in [4.78, 5) is 14.9. The summed E-state index contributed by atoms with van der Waals surface area (Å²) in [5.74, 6) is -0.000605. The predicted molar refractivity (Wildman–Crippen MR) is 133 cm³/mol. The molecule has 0 radical (unpaired) electrons. The van der Waals surface area contributed by atoms with Crippen LogP contribution >= 0.6 is 0 Å². The lowest BCUT2D eigenvalue weighted by Gasteiger charge is -2.18. The van der Waals surface area contributed by atoms with Gasteiger partial charge in [-0.3, -0.25) is 9.69 Å². The number of nitrogens with zero attached hydrogens (tertiary/aromatic N) is 1. The standard InChI is InChI=1S/C28H35N3O/c1-22-9-7-12-25(15-22)19-29-13-8-14-30-28(32)27-17-23(2)16-26(18-27)21-31(3)20-24-10-5-4-6-11-24/h4-7,9-12,15-18,29H,8,13-14,19-21H2,1-3H3,(H,30,32). The van der Waals surface area contributed by atoms with Crippen LogP contribution < -0.4 is 10.6 Å². The van der Waals surface area contributed by atoms with Gasteiger partial charge in [0.1, 0.15) is 0 Å². The first kappa shape index (κ1) is 23.7. The van der Waals surface area contributed by atoms with E-state index in [1.54, 1.807) is 0 Å². The van der Waals surface area contributed by atoms with Gasteiger partial charge in [-0.2, -0.15) is 0 Å². The van der Waals surface area contributed by atoms with Gasteiger partial charge in [0.05, 0.1) is 0 Å². The number of nitrogens with one attached hydrogen (secondary N) is 2. The molecule has 4 heteroatoms. The van der Waals surface area contributed by atoms with Crippen molar-refractivity contribution in [2.75, 3.05) is 20.1 Å². The van der Waals surface area contributed by atoms with E-state index in [-0.39, 0.29) is 5.91 Å². The molecule has 2 N–H and O–H groups in total. The molecule has 4 nitrogen and oxygen atoms in total. The number of carbonyl (C=O) groups excluding carboxylic acids is 1. The lowest BCUT2D eigenvalue weighted by molar-refractivity contribution is 0.0953. The number of amides is 1. The molecule has 0 aliphatic rings. The van der Waals surface area contributed by atoms with E-state index in [2.05, 4.69) is 84.1 Å². The van der Waals surface area contributed by atoms with Crippen LogP contribution in [0.2, 0.25) is 0 Å². The van der Waals surface area contributed by atoms with Gasteiger partial charge in [-0.1, -0.05) is 71.8 Å². The zero-order valence-electron chi connectivity index (χ0n) is 19.5. The lowest BCUT2D eigenvalue weighted by Crippen LogP contribution is -2.27. The van der Waals surface area contributed by atoms with E-state index >= 15 is 0 Å². The summed E-state index contributed by atoms with van der Waals surface area (Å²) in [5, 5.41) is 6.51. The van der Waals surface area contributed by atoms with Crippen LogP contribution in [0.15, 0.2) is 72.8 Å². The summed E-state index contributed by atoms with van der Waals surface area (Å²) in [7, 11) is 2.11. The fraction of sp³-hybridized carbons (Fsp3) is 0.321. The van der Waals surface area contributed by atoms with Crippen molar-refractivity contribution in [1.82, 2.24) is 15.5 Å². The third kappa shape index (κ3) is 7.95. The maximum atomic E-state index is 12.7. The van der Waals surface area contributed by atoms with Gasteiger partial charge >= 0.3 is 0 Å². The monoisotopic (exact) mass is 429 g/mol. The molecule has 0 heterocycles. The van der Waals surface area contributed by atoms with Crippen molar-refractivity contribution in [3.63, 3.8) is 0 Å². The Bertz CT molecular complexity index is 1000. The SMILES string of the molecule is Cc1cccc(CNCCCNC(=O)c2cc(C)cc(CN(C)Cc3ccccc3)c2)c1. The first-order valence-electron chi connectivity index (χ1n) is 11.4. The molecule has 0 unspecified atom stereocenters. The molecule has 3 rings (SSSR count). The summed E-state index contributed by atoms with van der Waals surface area (Å²) < 4.78 is 0. The highest BCUT2D eigenvalue weighted by molar-refractivity contribution is 5.94. The molecule has 1 amide bonds. The average Bonchev–Trinajstić information content (AvgIpc) is 2.76. The highest BCUT2D eigenvalue weighted by atomic mass is 16.1. The molecule has 0 bridgehead atoms. The number of carbonyl (C=O) groups is 1. The van der Waals surface area contributed by atoms with Gasteiger partial charge in [-0.25, -0.2) is 0 Å². The summed E-state index contributed by atoms with van der Waals surface area (Å²) in [6.45, 7) is 8.23. The highest BCUT2D eigenvalue weighted by Crippen LogP contribution is 2.13.